The minimum atomic E-state index is -0.493. The first kappa shape index (κ1) is 16.1. The van der Waals surface area contributed by atoms with Crippen LogP contribution in [0.3, 0.4) is 0 Å². The number of halogens is 2. The standard InChI is InChI=1S/C16H12ClFN4O2/c17-11-3-1-10(2-4-11)15-21-14(24-22-15)7-8-19-16(23)13-6-5-12(18)9-20-13/h1-6,9H,7-8H2,(H,19,23). The Morgan fingerprint density at radius 2 is 2.00 bits per heavy atom. The van der Waals surface area contributed by atoms with Gasteiger partial charge in [0.2, 0.25) is 11.7 Å². The molecule has 1 aromatic carbocycles. The number of nitrogens with zero attached hydrogens (tertiary/aromatic N) is 3. The smallest absolute Gasteiger partial charge is 0.269 e. The normalized spacial score (nSPS) is 10.6. The number of rotatable bonds is 5. The quantitative estimate of drug-likeness (QED) is 0.768. The number of amides is 1. The summed E-state index contributed by atoms with van der Waals surface area (Å²) in [7, 11) is 0. The van der Waals surface area contributed by atoms with Gasteiger partial charge in [-0.2, -0.15) is 4.98 Å². The Labute approximate surface area is 141 Å². The number of pyridine rings is 1. The Morgan fingerprint density at radius 1 is 1.21 bits per heavy atom. The van der Waals surface area contributed by atoms with Gasteiger partial charge in [0.25, 0.3) is 5.91 Å². The van der Waals surface area contributed by atoms with Gasteiger partial charge < -0.3 is 9.84 Å². The average molecular weight is 347 g/mol. The topological polar surface area (TPSA) is 80.9 Å². The summed E-state index contributed by atoms with van der Waals surface area (Å²) in [4.78, 5) is 19.8. The van der Waals surface area contributed by atoms with Crippen molar-refractivity contribution in [3.8, 4) is 11.4 Å². The molecule has 3 aromatic rings. The van der Waals surface area contributed by atoms with Crippen molar-refractivity contribution < 1.29 is 13.7 Å². The Bertz CT molecular complexity index is 834. The fourth-order valence-electron chi connectivity index (χ4n) is 1.96. The van der Waals surface area contributed by atoms with Crippen LogP contribution in [0.15, 0.2) is 47.1 Å². The molecule has 0 bridgehead atoms. The maximum atomic E-state index is 12.8. The molecular formula is C16H12ClFN4O2. The molecule has 0 aliphatic rings. The summed E-state index contributed by atoms with van der Waals surface area (Å²) in [6.45, 7) is 0.292. The van der Waals surface area contributed by atoms with E-state index < -0.39 is 11.7 Å². The predicted octanol–water partition coefficient (Wildman–Crippen LogP) is 2.90. The molecule has 0 unspecified atom stereocenters. The van der Waals surface area contributed by atoms with Crippen LogP contribution in [-0.2, 0) is 6.42 Å². The van der Waals surface area contributed by atoms with Crippen LogP contribution in [-0.4, -0.2) is 27.6 Å². The number of hydrogen-bond donors (Lipinski definition) is 1. The fraction of sp³-hybridized carbons (Fsp3) is 0.125. The van der Waals surface area contributed by atoms with E-state index in [-0.39, 0.29) is 5.69 Å². The molecule has 0 aliphatic heterocycles. The highest BCUT2D eigenvalue weighted by molar-refractivity contribution is 6.30. The van der Waals surface area contributed by atoms with Gasteiger partial charge >= 0.3 is 0 Å². The van der Waals surface area contributed by atoms with E-state index in [1.165, 1.54) is 12.1 Å². The van der Waals surface area contributed by atoms with Gasteiger partial charge in [-0.15, -0.1) is 0 Å². The van der Waals surface area contributed by atoms with E-state index in [1.54, 1.807) is 24.3 Å². The Balaban J connectivity index is 1.55. The number of carbonyl (C=O) groups excluding carboxylic acids is 1. The number of benzene rings is 1. The van der Waals surface area contributed by atoms with Crippen molar-refractivity contribution in [1.82, 2.24) is 20.4 Å². The third-order valence-corrected chi connectivity index (χ3v) is 3.41. The summed E-state index contributed by atoms with van der Waals surface area (Å²) in [5.41, 5.74) is 0.928. The summed E-state index contributed by atoms with van der Waals surface area (Å²) < 4.78 is 17.9. The lowest BCUT2D eigenvalue weighted by atomic mass is 10.2. The van der Waals surface area contributed by atoms with Gasteiger partial charge in [0.05, 0.1) is 6.20 Å². The van der Waals surface area contributed by atoms with Gasteiger partial charge in [0.15, 0.2) is 0 Å². The third-order valence-electron chi connectivity index (χ3n) is 3.15. The van der Waals surface area contributed by atoms with E-state index in [0.717, 1.165) is 11.8 Å². The van der Waals surface area contributed by atoms with Gasteiger partial charge in [-0.3, -0.25) is 4.79 Å². The van der Waals surface area contributed by atoms with E-state index in [1.807, 2.05) is 0 Å². The molecule has 24 heavy (non-hydrogen) atoms. The second-order valence-corrected chi connectivity index (χ2v) is 5.32. The lowest BCUT2D eigenvalue weighted by Gasteiger charge is -2.02. The van der Waals surface area contributed by atoms with Crippen LogP contribution in [0.5, 0.6) is 0 Å². The lowest BCUT2D eigenvalue weighted by Crippen LogP contribution is -2.26. The van der Waals surface area contributed by atoms with E-state index in [9.17, 15) is 9.18 Å². The Kier molecular flexibility index (Phi) is 4.81. The molecule has 0 atom stereocenters. The first-order valence-corrected chi connectivity index (χ1v) is 7.48. The number of hydrogen-bond acceptors (Lipinski definition) is 5. The van der Waals surface area contributed by atoms with Crippen molar-refractivity contribution in [2.75, 3.05) is 6.54 Å². The lowest BCUT2D eigenvalue weighted by molar-refractivity contribution is 0.0948. The third kappa shape index (κ3) is 3.94. The molecule has 0 radical (unpaired) electrons. The van der Waals surface area contributed by atoms with Crippen molar-refractivity contribution >= 4 is 17.5 Å². The molecule has 2 heterocycles. The number of aromatic nitrogens is 3. The molecule has 0 fully saturated rings. The molecule has 0 saturated carbocycles. The molecule has 0 spiro atoms. The van der Waals surface area contributed by atoms with Crippen LogP contribution in [0.25, 0.3) is 11.4 Å². The fourth-order valence-corrected chi connectivity index (χ4v) is 2.08. The highest BCUT2D eigenvalue weighted by Gasteiger charge is 2.10. The molecule has 2 aromatic heterocycles. The zero-order chi connectivity index (χ0) is 16.9. The molecule has 6 nitrogen and oxygen atoms in total. The summed E-state index contributed by atoms with van der Waals surface area (Å²) in [6.07, 6.45) is 1.36. The highest BCUT2D eigenvalue weighted by atomic mass is 35.5. The number of nitrogens with one attached hydrogen (secondary N) is 1. The summed E-state index contributed by atoms with van der Waals surface area (Å²) in [5, 5.41) is 7.16. The first-order valence-electron chi connectivity index (χ1n) is 7.10. The van der Waals surface area contributed by atoms with Crippen LogP contribution >= 0.6 is 11.6 Å². The van der Waals surface area contributed by atoms with Gasteiger partial charge in [0.1, 0.15) is 11.5 Å². The molecule has 122 valence electrons. The first-order chi connectivity index (χ1) is 11.6. The van der Waals surface area contributed by atoms with Crippen LogP contribution < -0.4 is 5.32 Å². The van der Waals surface area contributed by atoms with Gasteiger partial charge in [-0.25, -0.2) is 9.37 Å². The molecule has 1 amide bonds. The largest absolute Gasteiger partial charge is 0.350 e. The van der Waals surface area contributed by atoms with Crippen LogP contribution in [0.4, 0.5) is 4.39 Å². The molecule has 0 saturated heterocycles. The summed E-state index contributed by atoms with van der Waals surface area (Å²) in [6, 6.07) is 9.55. The van der Waals surface area contributed by atoms with Gasteiger partial charge in [-0.1, -0.05) is 16.8 Å². The van der Waals surface area contributed by atoms with Crippen molar-refractivity contribution in [2.24, 2.45) is 0 Å². The van der Waals surface area contributed by atoms with E-state index in [0.29, 0.717) is 29.7 Å². The van der Waals surface area contributed by atoms with E-state index in [2.05, 4.69) is 20.4 Å². The van der Waals surface area contributed by atoms with E-state index in [4.69, 9.17) is 16.1 Å². The predicted molar refractivity (Wildman–Crippen MR) is 85.0 cm³/mol. The second kappa shape index (κ2) is 7.18. The zero-order valence-electron chi connectivity index (χ0n) is 12.4. The van der Waals surface area contributed by atoms with Crippen LogP contribution in [0.2, 0.25) is 5.02 Å². The Hall–Kier alpha value is -2.80. The maximum absolute atomic E-state index is 12.8. The Morgan fingerprint density at radius 3 is 2.71 bits per heavy atom. The van der Waals surface area contributed by atoms with Crippen molar-refractivity contribution in [2.45, 2.75) is 6.42 Å². The monoisotopic (exact) mass is 346 g/mol. The molecule has 0 aliphatic carbocycles. The summed E-state index contributed by atoms with van der Waals surface area (Å²) >= 11 is 5.83. The SMILES string of the molecule is O=C(NCCc1nc(-c2ccc(Cl)cc2)no1)c1ccc(F)cn1. The van der Waals surface area contributed by atoms with Crippen LogP contribution in [0, 0.1) is 5.82 Å². The van der Waals surface area contributed by atoms with Crippen molar-refractivity contribution in [1.29, 1.82) is 0 Å². The molecule has 8 heteroatoms. The summed E-state index contributed by atoms with van der Waals surface area (Å²) in [5.74, 6) is -0.0416. The number of carbonyl (C=O) groups is 1. The van der Waals surface area contributed by atoms with Crippen molar-refractivity contribution in [3.05, 3.63) is 65.0 Å². The van der Waals surface area contributed by atoms with Crippen LogP contribution in [0.1, 0.15) is 16.4 Å². The average Bonchev–Trinajstić information content (AvgIpc) is 3.05. The molecule has 3 rings (SSSR count). The van der Waals surface area contributed by atoms with Gasteiger partial charge in [0, 0.05) is 23.6 Å². The second-order valence-electron chi connectivity index (χ2n) is 4.89. The maximum Gasteiger partial charge on any atom is 0.269 e. The minimum absolute atomic E-state index is 0.142. The van der Waals surface area contributed by atoms with Crippen molar-refractivity contribution in [3.63, 3.8) is 0 Å². The highest BCUT2D eigenvalue weighted by Crippen LogP contribution is 2.18. The van der Waals surface area contributed by atoms with E-state index >= 15 is 0 Å². The molecule has 1 N–H and O–H groups in total. The van der Waals surface area contributed by atoms with Gasteiger partial charge in [-0.05, 0) is 36.4 Å². The molecular weight excluding hydrogens is 335 g/mol. The zero-order valence-corrected chi connectivity index (χ0v) is 13.1. The minimum Gasteiger partial charge on any atom is -0.350 e.